The number of benzene rings is 2. The van der Waals surface area contributed by atoms with Gasteiger partial charge in [0.25, 0.3) is 5.91 Å². The highest BCUT2D eigenvalue weighted by Crippen LogP contribution is 2.31. The van der Waals surface area contributed by atoms with Gasteiger partial charge in [0.05, 0.1) is 13.7 Å². The van der Waals surface area contributed by atoms with Gasteiger partial charge in [0.2, 0.25) is 0 Å². The molecule has 2 heterocycles. The van der Waals surface area contributed by atoms with E-state index in [0.717, 1.165) is 11.1 Å². The zero-order chi connectivity index (χ0) is 17.2. The van der Waals surface area contributed by atoms with Crippen molar-refractivity contribution in [3.8, 4) is 17.2 Å². The summed E-state index contributed by atoms with van der Waals surface area (Å²) in [5.74, 6) is 1.92. The van der Waals surface area contributed by atoms with Gasteiger partial charge in [-0.05, 0) is 24.3 Å². The van der Waals surface area contributed by atoms with Crippen LogP contribution in [0.3, 0.4) is 0 Å². The molecule has 0 radical (unpaired) electrons. The van der Waals surface area contributed by atoms with Gasteiger partial charge in [-0.2, -0.15) is 0 Å². The lowest BCUT2D eigenvalue weighted by Gasteiger charge is -2.26. The van der Waals surface area contributed by atoms with E-state index in [0.29, 0.717) is 30.2 Å². The van der Waals surface area contributed by atoms with Crippen LogP contribution in [0.2, 0.25) is 0 Å². The van der Waals surface area contributed by atoms with Crippen LogP contribution in [0.5, 0.6) is 17.2 Å². The molecule has 6 nitrogen and oxygen atoms in total. The molecule has 0 saturated heterocycles. The standard InChI is InChI=1S/C19H17NO5/c1-22-16-8-4-5-12-9-17(25-18(12)16)19(21)20-10-13-11-23-14-6-2-3-7-15(14)24-13/h2-9,13H,10-11H2,1H3,(H,20,21)/t13-/m0/s1. The van der Waals surface area contributed by atoms with Gasteiger partial charge in [-0.1, -0.05) is 24.3 Å². The Morgan fingerprint density at radius 2 is 2.04 bits per heavy atom. The van der Waals surface area contributed by atoms with Crippen LogP contribution in [0.25, 0.3) is 11.0 Å². The molecule has 25 heavy (non-hydrogen) atoms. The van der Waals surface area contributed by atoms with Crippen molar-refractivity contribution in [3.63, 3.8) is 0 Å². The fourth-order valence-corrected chi connectivity index (χ4v) is 2.77. The fourth-order valence-electron chi connectivity index (χ4n) is 2.77. The molecule has 0 unspecified atom stereocenters. The Morgan fingerprint density at radius 1 is 1.20 bits per heavy atom. The Morgan fingerprint density at radius 3 is 2.88 bits per heavy atom. The Hall–Kier alpha value is -3.15. The average Bonchev–Trinajstić information content (AvgIpc) is 3.10. The highest BCUT2D eigenvalue weighted by molar-refractivity contribution is 5.97. The molecule has 0 aliphatic carbocycles. The number of carbonyl (C=O) groups is 1. The van der Waals surface area contributed by atoms with Crippen molar-refractivity contribution in [1.82, 2.24) is 5.32 Å². The SMILES string of the molecule is COc1cccc2cc(C(=O)NC[C@H]3COc4ccccc4O3)oc12. The van der Waals surface area contributed by atoms with Crippen molar-refractivity contribution >= 4 is 16.9 Å². The molecule has 1 aliphatic heterocycles. The Kier molecular flexibility index (Phi) is 3.93. The van der Waals surface area contributed by atoms with Crippen molar-refractivity contribution in [2.45, 2.75) is 6.10 Å². The number of methoxy groups -OCH3 is 1. The molecule has 1 aliphatic rings. The van der Waals surface area contributed by atoms with E-state index in [1.807, 2.05) is 36.4 Å². The highest BCUT2D eigenvalue weighted by Gasteiger charge is 2.22. The molecule has 4 rings (SSSR count). The van der Waals surface area contributed by atoms with E-state index < -0.39 is 0 Å². The zero-order valence-electron chi connectivity index (χ0n) is 13.7. The summed E-state index contributed by atoms with van der Waals surface area (Å²) in [5, 5.41) is 3.63. The molecule has 3 aromatic rings. The van der Waals surface area contributed by atoms with Crippen LogP contribution in [0.15, 0.2) is 52.9 Å². The second kappa shape index (κ2) is 6.39. The predicted molar refractivity (Wildman–Crippen MR) is 91.5 cm³/mol. The summed E-state index contributed by atoms with van der Waals surface area (Å²) in [4.78, 5) is 12.4. The molecule has 0 spiro atoms. The number of carbonyl (C=O) groups excluding carboxylic acids is 1. The van der Waals surface area contributed by atoms with Crippen LogP contribution in [0, 0.1) is 0 Å². The van der Waals surface area contributed by atoms with Crippen molar-refractivity contribution in [3.05, 3.63) is 54.3 Å². The van der Waals surface area contributed by atoms with Gasteiger partial charge in [-0.3, -0.25) is 4.79 Å². The molecule has 0 bridgehead atoms. The third-order valence-electron chi connectivity index (χ3n) is 4.01. The fraction of sp³-hybridized carbons (Fsp3) is 0.211. The number of amides is 1. The monoisotopic (exact) mass is 339 g/mol. The molecular formula is C19H17NO5. The summed E-state index contributed by atoms with van der Waals surface area (Å²) in [6.07, 6.45) is -0.252. The number of hydrogen-bond donors (Lipinski definition) is 1. The molecule has 2 aromatic carbocycles. The van der Waals surface area contributed by atoms with Gasteiger partial charge >= 0.3 is 0 Å². The summed E-state index contributed by atoms with van der Waals surface area (Å²) in [5.41, 5.74) is 0.557. The average molecular weight is 339 g/mol. The van der Waals surface area contributed by atoms with E-state index in [1.54, 1.807) is 19.2 Å². The second-order valence-corrected chi connectivity index (χ2v) is 5.70. The molecule has 1 atom stereocenters. The summed E-state index contributed by atoms with van der Waals surface area (Å²) >= 11 is 0. The third kappa shape index (κ3) is 2.98. The number of para-hydroxylation sites is 3. The zero-order valence-corrected chi connectivity index (χ0v) is 13.7. The van der Waals surface area contributed by atoms with Gasteiger partial charge in [0.15, 0.2) is 28.6 Å². The van der Waals surface area contributed by atoms with Crippen molar-refractivity contribution < 1.29 is 23.4 Å². The summed E-state index contributed by atoms with van der Waals surface area (Å²) in [6.45, 7) is 0.701. The van der Waals surface area contributed by atoms with E-state index in [4.69, 9.17) is 18.6 Å². The van der Waals surface area contributed by atoms with Gasteiger partial charge in [0.1, 0.15) is 12.7 Å². The first kappa shape index (κ1) is 15.4. The minimum atomic E-state index is -0.305. The normalized spacial score (nSPS) is 15.8. The third-order valence-corrected chi connectivity index (χ3v) is 4.01. The van der Waals surface area contributed by atoms with Crippen LogP contribution in [0.1, 0.15) is 10.6 Å². The van der Waals surface area contributed by atoms with E-state index in [1.165, 1.54) is 0 Å². The molecule has 0 saturated carbocycles. The number of ether oxygens (including phenoxy) is 3. The lowest BCUT2D eigenvalue weighted by molar-refractivity contribution is 0.0774. The molecule has 128 valence electrons. The summed E-state index contributed by atoms with van der Waals surface area (Å²) < 4.78 is 22.3. The minimum absolute atomic E-state index is 0.233. The Balaban J connectivity index is 1.43. The van der Waals surface area contributed by atoms with Gasteiger partial charge in [-0.15, -0.1) is 0 Å². The van der Waals surface area contributed by atoms with Crippen LogP contribution in [-0.2, 0) is 0 Å². The molecule has 0 fully saturated rings. The van der Waals surface area contributed by atoms with Crippen LogP contribution < -0.4 is 19.5 Å². The maximum atomic E-state index is 12.4. The smallest absolute Gasteiger partial charge is 0.287 e. The summed E-state index contributed by atoms with van der Waals surface area (Å²) in [7, 11) is 1.56. The Labute approximate surface area is 144 Å². The lowest BCUT2D eigenvalue weighted by Crippen LogP contribution is -2.40. The number of fused-ring (bicyclic) bond motifs is 2. The van der Waals surface area contributed by atoms with Gasteiger partial charge in [-0.25, -0.2) is 0 Å². The van der Waals surface area contributed by atoms with Crippen molar-refractivity contribution in [2.24, 2.45) is 0 Å². The predicted octanol–water partition coefficient (Wildman–Crippen LogP) is 3.01. The lowest BCUT2D eigenvalue weighted by atomic mass is 10.2. The summed E-state index contributed by atoms with van der Waals surface area (Å²) in [6, 6.07) is 14.7. The molecule has 1 aromatic heterocycles. The number of rotatable bonds is 4. The van der Waals surface area contributed by atoms with E-state index >= 15 is 0 Å². The van der Waals surface area contributed by atoms with Crippen LogP contribution >= 0.6 is 0 Å². The van der Waals surface area contributed by atoms with Gasteiger partial charge < -0.3 is 23.9 Å². The number of furan rings is 1. The molecule has 1 N–H and O–H groups in total. The van der Waals surface area contributed by atoms with Gasteiger partial charge in [0, 0.05) is 5.39 Å². The quantitative estimate of drug-likeness (QED) is 0.791. The molecular weight excluding hydrogens is 322 g/mol. The minimum Gasteiger partial charge on any atom is -0.493 e. The highest BCUT2D eigenvalue weighted by atomic mass is 16.6. The van der Waals surface area contributed by atoms with E-state index in [2.05, 4.69) is 5.32 Å². The number of nitrogens with one attached hydrogen (secondary N) is 1. The number of hydrogen-bond acceptors (Lipinski definition) is 5. The van der Waals surface area contributed by atoms with Crippen molar-refractivity contribution in [1.29, 1.82) is 0 Å². The largest absolute Gasteiger partial charge is 0.493 e. The second-order valence-electron chi connectivity index (χ2n) is 5.70. The van der Waals surface area contributed by atoms with Crippen molar-refractivity contribution in [2.75, 3.05) is 20.3 Å². The van der Waals surface area contributed by atoms with E-state index in [-0.39, 0.29) is 17.8 Å². The Bertz CT molecular complexity index is 917. The first-order valence-electron chi connectivity index (χ1n) is 7.98. The first-order valence-corrected chi connectivity index (χ1v) is 7.98. The topological polar surface area (TPSA) is 69.9 Å². The van der Waals surface area contributed by atoms with Crippen LogP contribution in [-0.4, -0.2) is 32.3 Å². The maximum Gasteiger partial charge on any atom is 0.287 e. The van der Waals surface area contributed by atoms with Crippen LogP contribution in [0.4, 0.5) is 0 Å². The molecule has 1 amide bonds. The maximum absolute atomic E-state index is 12.4. The molecule has 6 heteroatoms. The van der Waals surface area contributed by atoms with E-state index in [9.17, 15) is 4.79 Å². The first-order chi connectivity index (χ1) is 12.2.